The highest BCUT2D eigenvalue weighted by atomic mass is 19.1. The predicted molar refractivity (Wildman–Crippen MR) is 149 cm³/mol. The smallest absolute Gasteiger partial charge is 0.411 e. The molecule has 0 aromatic heterocycles. The number of nitrogens with zero attached hydrogens (tertiary/aromatic N) is 2. The Labute approximate surface area is 234 Å². The Morgan fingerprint density at radius 2 is 1.60 bits per heavy atom. The van der Waals surface area contributed by atoms with Crippen LogP contribution in [-0.2, 0) is 33.8 Å². The minimum Gasteiger partial charge on any atom is -0.465 e. The Morgan fingerprint density at radius 1 is 0.975 bits per heavy atom. The highest BCUT2D eigenvalue weighted by Gasteiger charge is 2.40. The number of carbonyl (C=O) groups excluding carboxylic acids is 3. The van der Waals surface area contributed by atoms with Crippen molar-refractivity contribution in [2.75, 3.05) is 7.11 Å². The lowest BCUT2D eigenvalue weighted by atomic mass is 9.92. The normalized spacial score (nSPS) is 15.6. The average Bonchev–Trinajstić information content (AvgIpc) is 2.94. The summed E-state index contributed by atoms with van der Waals surface area (Å²) in [4.78, 5) is 42.9. The van der Waals surface area contributed by atoms with Crippen molar-refractivity contribution in [3.8, 4) is 0 Å². The molecule has 1 aliphatic heterocycles. The van der Waals surface area contributed by atoms with Crippen molar-refractivity contribution in [2.45, 2.75) is 64.9 Å². The van der Waals surface area contributed by atoms with E-state index in [4.69, 9.17) is 9.47 Å². The van der Waals surface area contributed by atoms with Gasteiger partial charge < -0.3 is 14.4 Å². The minimum atomic E-state index is -0.804. The molecule has 2 atom stereocenters. The first kappa shape index (κ1) is 28.8. The number of halogens is 1. The number of hydrogen-bond acceptors (Lipinski definition) is 5. The van der Waals surface area contributed by atoms with Gasteiger partial charge in [0.25, 0.3) is 0 Å². The van der Waals surface area contributed by atoms with Gasteiger partial charge in [0.1, 0.15) is 17.5 Å². The Kier molecular flexibility index (Phi) is 8.57. The molecule has 210 valence electrons. The number of fused-ring (bicyclic) bond motifs is 1. The van der Waals surface area contributed by atoms with Gasteiger partial charge >= 0.3 is 12.1 Å². The maximum Gasteiger partial charge on any atom is 0.411 e. The van der Waals surface area contributed by atoms with E-state index >= 15 is 0 Å². The van der Waals surface area contributed by atoms with Crippen LogP contribution in [0.2, 0.25) is 0 Å². The summed E-state index contributed by atoms with van der Waals surface area (Å²) in [5.41, 5.74) is 3.17. The Balaban J connectivity index is 1.71. The maximum atomic E-state index is 14.4. The van der Waals surface area contributed by atoms with Crippen LogP contribution in [0.1, 0.15) is 66.3 Å². The van der Waals surface area contributed by atoms with Crippen LogP contribution in [0.25, 0.3) is 0 Å². The van der Waals surface area contributed by atoms with E-state index in [1.54, 1.807) is 62.1 Å². The van der Waals surface area contributed by atoms with Gasteiger partial charge in [-0.25, -0.2) is 14.0 Å². The number of hydrogen-bond donors (Lipinski definition) is 0. The molecule has 2 amide bonds. The number of rotatable bonds is 6. The molecule has 1 unspecified atom stereocenters. The van der Waals surface area contributed by atoms with Crippen molar-refractivity contribution < 1.29 is 28.2 Å². The standard InChI is InChI=1S/C32H35FN2O5/c1-21(23-14-16-27(33)17-15-23)34(19-22-10-12-24(13-11-22)30(37)39-5)29(36)28-18-25-8-6-7-9-26(25)20-35(28)31(38)40-32(2,3)4/h6-17,21,28H,18-20H2,1-5H3/t21-,28?/m1/s1. The van der Waals surface area contributed by atoms with E-state index in [2.05, 4.69) is 0 Å². The first-order valence-electron chi connectivity index (χ1n) is 13.3. The van der Waals surface area contributed by atoms with E-state index in [9.17, 15) is 18.8 Å². The van der Waals surface area contributed by atoms with Gasteiger partial charge in [0.2, 0.25) is 5.91 Å². The second-order valence-corrected chi connectivity index (χ2v) is 11.0. The van der Waals surface area contributed by atoms with Crippen LogP contribution in [0.3, 0.4) is 0 Å². The third-order valence-corrected chi connectivity index (χ3v) is 6.99. The van der Waals surface area contributed by atoms with Gasteiger partial charge in [-0.2, -0.15) is 0 Å². The van der Waals surface area contributed by atoms with Crippen molar-refractivity contribution in [1.82, 2.24) is 9.80 Å². The van der Waals surface area contributed by atoms with Gasteiger partial charge in [0.15, 0.2) is 0 Å². The summed E-state index contributed by atoms with van der Waals surface area (Å²) >= 11 is 0. The third-order valence-electron chi connectivity index (χ3n) is 6.99. The molecule has 0 bridgehead atoms. The molecular formula is C32H35FN2O5. The highest BCUT2D eigenvalue weighted by molar-refractivity contribution is 5.89. The number of methoxy groups -OCH3 is 1. The molecule has 0 fully saturated rings. The zero-order valence-corrected chi connectivity index (χ0v) is 23.5. The first-order chi connectivity index (χ1) is 19.0. The van der Waals surface area contributed by atoms with Crippen molar-refractivity contribution in [3.63, 3.8) is 0 Å². The van der Waals surface area contributed by atoms with Gasteiger partial charge in [-0.3, -0.25) is 9.69 Å². The number of amides is 2. The van der Waals surface area contributed by atoms with Crippen LogP contribution < -0.4 is 0 Å². The fourth-order valence-electron chi connectivity index (χ4n) is 4.84. The molecule has 0 saturated carbocycles. The minimum absolute atomic E-state index is 0.207. The molecule has 3 aromatic carbocycles. The lowest BCUT2D eigenvalue weighted by molar-refractivity contribution is -0.140. The van der Waals surface area contributed by atoms with Crippen molar-refractivity contribution in [1.29, 1.82) is 0 Å². The molecule has 3 aromatic rings. The second-order valence-electron chi connectivity index (χ2n) is 11.0. The lowest BCUT2D eigenvalue weighted by Gasteiger charge is -2.40. The van der Waals surface area contributed by atoms with Crippen LogP contribution in [0, 0.1) is 5.82 Å². The molecule has 40 heavy (non-hydrogen) atoms. The molecular weight excluding hydrogens is 511 g/mol. The zero-order valence-electron chi connectivity index (χ0n) is 23.5. The van der Waals surface area contributed by atoms with Crippen molar-refractivity contribution in [2.24, 2.45) is 0 Å². The monoisotopic (exact) mass is 546 g/mol. The van der Waals surface area contributed by atoms with Gasteiger partial charge in [-0.1, -0.05) is 48.5 Å². The summed E-state index contributed by atoms with van der Waals surface area (Å²) in [7, 11) is 1.32. The molecule has 0 saturated heterocycles. The summed E-state index contributed by atoms with van der Waals surface area (Å²) in [6.07, 6.45) is -0.223. The fourth-order valence-corrected chi connectivity index (χ4v) is 4.84. The molecule has 0 spiro atoms. The van der Waals surface area contributed by atoms with Crippen molar-refractivity contribution >= 4 is 18.0 Å². The molecule has 8 heteroatoms. The summed E-state index contributed by atoms with van der Waals surface area (Å²) in [6, 6.07) is 19.4. The zero-order chi connectivity index (χ0) is 29.0. The molecule has 0 aliphatic carbocycles. The largest absolute Gasteiger partial charge is 0.465 e. The molecule has 0 radical (unpaired) electrons. The topological polar surface area (TPSA) is 76.2 Å². The van der Waals surface area contributed by atoms with Gasteiger partial charge in [0, 0.05) is 13.0 Å². The maximum absolute atomic E-state index is 14.4. The molecule has 1 aliphatic rings. The first-order valence-corrected chi connectivity index (χ1v) is 13.3. The van der Waals surface area contributed by atoms with Crippen LogP contribution >= 0.6 is 0 Å². The van der Waals surface area contributed by atoms with Crippen LogP contribution in [-0.4, -0.2) is 46.5 Å². The lowest BCUT2D eigenvalue weighted by Crippen LogP contribution is -2.54. The highest BCUT2D eigenvalue weighted by Crippen LogP contribution is 2.30. The van der Waals surface area contributed by atoms with E-state index in [0.29, 0.717) is 12.0 Å². The van der Waals surface area contributed by atoms with Crippen LogP contribution in [0.4, 0.5) is 9.18 Å². The fraction of sp³-hybridized carbons (Fsp3) is 0.344. The van der Waals surface area contributed by atoms with Crippen LogP contribution in [0.15, 0.2) is 72.8 Å². The molecule has 1 heterocycles. The van der Waals surface area contributed by atoms with E-state index in [1.807, 2.05) is 31.2 Å². The SMILES string of the molecule is COC(=O)c1ccc(CN(C(=O)C2Cc3ccccc3CN2C(=O)OC(C)(C)C)[C@H](C)c2ccc(F)cc2)cc1. The predicted octanol–water partition coefficient (Wildman–Crippen LogP) is 6.06. The second kappa shape index (κ2) is 11.9. The number of benzene rings is 3. The number of esters is 1. The van der Waals surface area contributed by atoms with Gasteiger partial charge in [0.05, 0.1) is 25.3 Å². The Bertz CT molecular complexity index is 1370. The molecule has 7 nitrogen and oxygen atoms in total. The Morgan fingerprint density at radius 3 is 2.20 bits per heavy atom. The van der Waals surface area contributed by atoms with E-state index in [0.717, 1.165) is 22.3 Å². The van der Waals surface area contributed by atoms with Crippen molar-refractivity contribution in [3.05, 3.63) is 106 Å². The quantitative estimate of drug-likeness (QED) is 0.351. The molecule has 0 N–H and O–H groups in total. The van der Waals surface area contributed by atoms with E-state index < -0.39 is 29.7 Å². The van der Waals surface area contributed by atoms with Gasteiger partial charge in [-0.05, 0) is 74.2 Å². The number of ether oxygens (including phenoxy) is 2. The summed E-state index contributed by atoms with van der Waals surface area (Å²) in [5.74, 6) is -1.07. The third kappa shape index (κ3) is 6.68. The summed E-state index contributed by atoms with van der Waals surface area (Å²) in [5, 5.41) is 0. The summed E-state index contributed by atoms with van der Waals surface area (Å²) < 4.78 is 24.2. The van der Waals surface area contributed by atoms with Gasteiger partial charge in [-0.15, -0.1) is 0 Å². The van der Waals surface area contributed by atoms with Crippen LogP contribution in [0.5, 0.6) is 0 Å². The summed E-state index contributed by atoms with van der Waals surface area (Å²) in [6.45, 7) is 7.71. The average molecular weight is 547 g/mol. The number of carbonyl (C=O) groups is 3. The molecule has 4 rings (SSSR count). The van der Waals surface area contributed by atoms with E-state index in [-0.39, 0.29) is 24.8 Å². The van der Waals surface area contributed by atoms with E-state index in [1.165, 1.54) is 24.1 Å². The Hall–Kier alpha value is -4.20.